The van der Waals surface area contributed by atoms with E-state index < -0.39 is 5.97 Å². The molecule has 0 saturated carbocycles. The monoisotopic (exact) mass is 279 g/mol. The van der Waals surface area contributed by atoms with Gasteiger partial charge in [-0.15, -0.1) is 11.3 Å². The number of aromatic nitrogens is 1. The first-order valence-corrected chi connectivity index (χ1v) is 7.34. The Hall–Kier alpha value is -1.33. The van der Waals surface area contributed by atoms with Gasteiger partial charge in [0.1, 0.15) is 4.34 Å². The molecule has 0 amide bonds. The van der Waals surface area contributed by atoms with Crippen LogP contribution in [0.15, 0.2) is 34.0 Å². The molecule has 1 N–H and O–H groups in total. The van der Waals surface area contributed by atoms with Crippen LogP contribution in [0.4, 0.5) is 0 Å². The molecule has 0 saturated heterocycles. The number of carboxylic acid groups (broad SMARTS) is 1. The number of thiazole rings is 1. The standard InChI is InChI=1S/C13H13NO2S2/c1-9-3-2-4-10(5-9)7-17-13-14-11(8-18-13)6-12(15)16/h2-5,8H,6-7H2,1H3,(H,15,16). The minimum absolute atomic E-state index is 0.00149. The van der Waals surface area contributed by atoms with Crippen molar-refractivity contribution < 1.29 is 9.90 Å². The Kier molecular flexibility index (Phi) is 4.38. The highest BCUT2D eigenvalue weighted by molar-refractivity contribution is 8.00. The van der Waals surface area contributed by atoms with Gasteiger partial charge in [-0.2, -0.15) is 0 Å². The van der Waals surface area contributed by atoms with Crippen molar-refractivity contribution in [3.63, 3.8) is 0 Å². The van der Waals surface area contributed by atoms with Crippen LogP contribution in [0.25, 0.3) is 0 Å². The molecule has 0 aliphatic carbocycles. The average Bonchev–Trinajstić information content (AvgIpc) is 2.73. The van der Waals surface area contributed by atoms with E-state index in [1.807, 2.05) is 11.4 Å². The largest absolute Gasteiger partial charge is 0.481 e. The Balaban J connectivity index is 1.94. The van der Waals surface area contributed by atoms with Gasteiger partial charge in [0.2, 0.25) is 0 Å². The van der Waals surface area contributed by atoms with E-state index in [4.69, 9.17) is 5.11 Å². The zero-order valence-electron chi connectivity index (χ0n) is 9.92. The van der Waals surface area contributed by atoms with Gasteiger partial charge in [0, 0.05) is 11.1 Å². The molecule has 1 aromatic carbocycles. The van der Waals surface area contributed by atoms with Crippen LogP contribution in [0.2, 0.25) is 0 Å². The van der Waals surface area contributed by atoms with Gasteiger partial charge in [0.15, 0.2) is 0 Å². The van der Waals surface area contributed by atoms with Crippen LogP contribution in [0.5, 0.6) is 0 Å². The van der Waals surface area contributed by atoms with Crippen LogP contribution in [0.3, 0.4) is 0 Å². The molecule has 94 valence electrons. The van der Waals surface area contributed by atoms with Gasteiger partial charge >= 0.3 is 5.97 Å². The molecule has 0 bridgehead atoms. The van der Waals surface area contributed by atoms with Crippen molar-refractivity contribution in [1.82, 2.24) is 4.98 Å². The van der Waals surface area contributed by atoms with E-state index in [0.29, 0.717) is 5.69 Å². The number of rotatable bonds is 5. The van der Waals surface area contributed by atoms with Crippen LogP contribution in [-0.2, 0) is 17.0 Å². The second-order valence-corrected chi connectivity index (χ2v) is 6.03. The minimum atomic E-state index is -0.837. The van der Waals surface area contributed by atoms with Crippen molar-refractivity contribution in [3.05, 3.63) is 46.5 Å². The van der Waals surface area contributed by atoms with Crippen molar-refractivity contribution >= 4 is 29.1 Å². The Labute approximate surface area is 114 Å². The lowest BCUT2D eigenvalue weighted by molar-refractivity contribution is -0.136. The third-order valence-electron chi connectivity index (χ3n) is 2.31. The number of aliphatic carboxylic acids is 1. The van der Waals surface area contributed by atoms with Gasteiger partial charge in [-0.05, 0) is 12.5 Å². The van der Waals surface area contributed by atoms with Crippen LogP contribution in [0.1, 0.15) is 16.8 Å². The Morgan fingerprint density at radius 2 is 2.33 bits per heavy atom. The molecule has 0 atom stereocenters. The van der Waals surface area contributed by atoms with Gasteiger partial charge < -0.3 is 5.11 Å². The van der Waals surface area contributed by atoms with Gasteiger partial charge in [-0.25, -0.2) is 4.98 Å². The van der Waals surface area contributed by atoms with E-state index in [2.05, 4.69) is 30.1 Å². The van der Waals surface area contributed by atoms with E-state index in [1.54, 1.807) is 11.8 Å². The van der Waals surface area contributed by atoms with Crippen molar-refractivity contribution in [2.45, 2.75) is 23.4 Å². The van der Waals surface area contributed by atoms with Gasteiger partial charge in [0.25, 0.3) is 0 Å². The highest BCUT2D eigenvalue weighted by atomic mass is 32.2. The third kappa shape index (κ3) is 3.85. The smallest absolute Gasteiger partial charge is 0.309 e. The number of thioether (sulfide) groups is 1. The Morgan fingerprint density at radius 1 is 1.50 bits per heavy atom. The summed E-state index contributed by atoms with van der Waals surface area (Å²) >= 11 is 3.15. The molecule has 0 spiro atoms. The molecule has 0 aliphatic heterocycles. The zero-order valence-corrected chi connectivity index (χ0v) is 11.6. The van der Waals surface area contributed by atoms with Crippen LogP contribution < -0.4 is 0 Å². The molecule has 0 aliphatic rings. The summed E-state index contributed by atoms with van der Waals surface area (Å²) in [5, 5.41) is 10.5. The van der Waals surface area contributed by atoms with E-state index in [0.717, 1.165) is 10.1 Å². The molecular formula is C13H13NO2S2. The number of carbonyl (C=O) groups is 1. The minimum Gasteiger partial charge on any atom is -0.481 e. The quantitative estimate of drug-likeness (QED) is 0.853. The topological polar surface area (TPSA) is 50.2 Å². The summed E-state index contributed by atoms with van der Waals surface area (Å²) in [5.74, 6) is 0.0253. The second kappa shape index (κ2) is 6.02. The molecular weight excluding hydrogens is 266 g/mol. The maximum absolute atomic E-state index is 10.6. The summed E-state index contributed by atoms with van der Waals surface area (Å²) < 4.78 is 0.924. The molecule has 0 fully saturated rings. The second-order valence-electron chi connectivity index (χ2n) is 3.95. The summed E-state index contributed by atoms with van der Waals surface area (Å²) in [4.78, 5) is 14.8. The molecule has 2 aromatic rings. The fourth-order valence-corrected chi connectivity index (χ4v) is 3.33. The molecule has 2 rings (SSSR count). The molecule has 1 heterocycles. The fourth-order valence-electron chi connectivity index (χ4n) is 1.54. The fraction of sp³-hybridized carbons (Fsp3) is 0.231. The maximum Gasteiger partial charge on any atom is 0.309 e. The molecule has 3 nitrogen and oxygen atoms in total. The lowest BCUT2D eigenvalue weighted by atomic mass is 10.2. The maximum atomic E-state index is 10.6. The van der Waals surface area contributed by atoms with Crippen LogP contribution >= 0.6 is 23.1 Å². The summed E-state index contributed by atoms with van der Waals surface area (Å²) in [7, 11) is 0. The van der Waals surface area contributed by atoms with E-state index >= 15 is 0 Å². The summed E-state index contributed by atoms with van der Waals surface area (Å²) in [6.07, 6.45) is 0.00149. The number of hydrogen-bond acceptors (Lipinski definition) is 4. The zero-order chi connectivity index (χ0) is 13.0. The lowest BCUT2D eigenvalue weighted by Crippen LogP contribution is -1.99. The molecule has 0 unspecified atom stereocenters. The number of carboxylic acids is 1. The molecule has 18 heavy (non-hydrogen) atoms. The number of hydrogen-bond donors (Lipinski definition) is 1. The third-order valence-corrected chi connectivity index (χ3v) is 4.45. The predicted octanol–water partition coefficient (Wildman–Crippen LogP) is 3.37. The van der Waals surface area contributed by atoms with Crippen molar-refractivity contribution in [2.24, 2.45) is 0 Å². The summed E-state index contributed by atoms with van der Waals surface area (Å²) in [6, 6.07) is 8.36. The number of aryl methyl sites for hydroxylation is 1. The lowest BCUT2D eigenvalue weighted by Gasteiger charge is -2.00. The van der Waals surface area contributed by atoms with E-state index in [1.165, 1.54) is 22.5 Å². The predicted molar refractivity (Wildman–Crippen MR) is 74.2 cm³/mol. The number of benzene rings is 1. The van der Waals surface area contributed by atoms with E-state index in [-0.39, 0.29) is 6.42 Å². The SMILES string of the molecule is Cc1cccc(CSc2nc(CC(=O)O)cs2)c1. The van der Waals surface area contributed by atoms with E-state index in [9.17, 15) is 4.79 Å². The summed E-state index contributed by atoms with van der Waals surface area (Å²) in [6.45, 7) is 2.07. The molecule has 5 heteroatoms. The van der Waals surface area contributed by atoms with Gasteiger partial charge in [-0.3, -0.25) is 4.79 Å². The van der Waals surface area contributed by atoms with Crippen LogP contribution in [0, 0.1) is 6.92 Å². The van der Waals surface area contributed by atoms with Crippen LogP contribution in [-0.4, -0.2) is 16.1 Å². The van der Waals surface area contributed by atoms with Gasteiger partial charge in [0.05, 0.1) is 12.1 Å². The first-order chi connectivity index (χ1) is 8.63. The van der Waals surface area contributed by atoms with Crippen molar-refractivity contribution in [2.75, 3.05) is 0 Å². The van der Waals surface area contributed by atoms with Crippen molar-refractivity contribution in [3.8, 4) is 0 Å². The first-order valence-electron chi connectivity index (χ1n) is 5.48. The Morgan fingerprint density at radius 3 is 3.06 bits per heavy atom. The van der Waals surface area contributed by atoms with Gasteiger partial charge in [-0.1, -0.05) is 41.6 Å². The molecule has 0 radical (unpaired) electrons. The number of nitrogens with zero attached hydrogens (tertiary/aromatic N) is 1. The highest BCUT2D eigenvalue weighted by Crippen LogP contribution is 2.26. The average molecular weight is 279 g/mol. The normalized spacial score (nSPS) is 10.5. The summed E-state index contributed by atoms with van der Waals surface area (Å²) in [5.41, 5.74) is 3.15. The highest BCUT2D eigenvalue weighted by Gasteiger charge is 2.06. The van der Waals surface area contributed by atoms with Crippen molar-refractivity contribution in [1.29, 1.82) is 0 Å². The first kappa shape index (κ1) is 13.1. The Bertz CT molecular complexity index is 551. The molecule has 1 aromatic heterocycles.